The number of benzene rings is 4. The van der Waals surface area contributed by atoms with Crippen LogP contribution >= 0.6 is 7.92 Å². The number of nitrogens with one attached hydrogen (secondary N) is 1. The number of phenols is 1. The van der Waals surface area contributed by atoms with E-state index in [9.17, 15) is 5.11 Å². The highest BCUT2D eigenvalue weighted by Crippen LogP contribution is 2.34. The number of para-hydroxylation sites is 1. The summed E-state index contributed by atoms with van der Waals surface area (Å²) in [5, 5.41) is 17.7. The van der Waals surface area contributed by atoms with Crippen LogP contribution in [-0.4, -0.2) is 5.11 Å². The smallest absolute Gasteiger partial charge is 0.138 e. The molecule has 0 amide bonds. The van der Waals surface area contributed by atoms with Gasteiger partial charge in [0.2, 0.25) is 0 Å². The van der Waals surface area contributed by atoms with Gasteiger partial charge in [0, 0.05) is 6.54 Å². The molecular formula is C26H24NOP. The standard InChI is InChI=1S/C26H24NOP/c1-20-11-10-17-24(28)26(20)27-19-21-12-8-9-18-25(21)29(22-13-4-2-5-14-22)23-15-6-3-7-16-23/h2-18,27-28H,19H2,1H3. The Kier molecular flexibility index (Phi) is 5.93. The molecule has 4 rings (SSSR count). The molecule has 2 nitrogen and oxygen atoms in total. The minimum absolute atomic E-state index is 0.288. The Hall–Kier alpha value is -3.09. The molecule has 3 heteroatoms. The number of aryl methyl sites for hydroxylation is 1. The van der Waals surface area contributed by atoms with Crippen LogP contribution in [0.1, 0.15) is 11.1 Å². The first-order valence-electron chi connectivity index (χ1n) is 9.74. The summed E-state index contributed by atoms with van der Waals surface area (Å²) in [6.45, 7) is 2.67. The monoisotopic (exact) mass is 397 g/mol. The molecule has 2 N–H and O–H groups in total. The molecule has 0 radical (unpaired) electrons. The van der Waals surface area contributed by atoms with Crippen LogP contribution in [0, 0.1) is 6.92 Å². The number of rotatable bonds is 6. The Morgan fingerprint density at radius 3 is 1.90 bits per heavy atom. The van der Waals surface area contributed by atoms with E-state index >= 15 is 0 Å². The first-order chi connectivity index (χ1) is 14.2. The molecule has 4 aromatic rings. The van der Waals surface area contributed by atoms with E-state index < -0.39 is 7.92 Å². The van der Waals surface area contributed by atoms with E-state index in [-0.39, 0.29) is 5.75 Å². The highest BCUT2D eigenvalue weighted by Gasteiger charge is 2.19. The van der Waals surface area contributed by atoms with Gasteiger partial charge in [-0.3, -0.25) is 0 Å². The summed E-state index contributed by atoms with van der Waals surface area (Å²) in [5.74, 6) is 0.288. The zero-order valence-corrected chi connectivity index (χ0v) is 17.3. The van der Waals surface area contributed by atoms with Crippen molar-refractivity contribution in [2.45, 2.75) is 13.5 Å². The van der Waals surface area contributed by atoms with Crippen molar-refractivity contribution in [1.29, 1.82) is 0 Å². The molecule has 0 unspecified atom stereocenters. The van der Waals surface area contributed by atoms with Gasteiger partial charge in [-0.1, -0.05) is 97.1 Å². The molecule has 0 aliphatic carbocycles. The van der Waals surface area contributed by atoms with Gasteiger partial charge in [0.15, 0.2) is 0 Å². The maximum absolute atomic E-state index is 10.2. The Morgan fingerprint density at radius 1 is 0.690 bits per heavy atom. The van der Waals surface area contributed by atoms with E-state index in [0.717, 1.165) is 11.3 Å². The summed E-state index contributed by atoms with van der Waals surface area (Å²) in [4.78, 5) is 0. The van der Waals surface area contributed by atoms with Crippen LogP contribution in [-0.2, 0) is 6.54 Å². The molecule has 0 bridgehead atoms. The summed E-state index contributed by atoms with van der Waals surface area (Å²) < 4.78 is 0. The van der Waals surface area contributed by atoms with Gasteiger partial charge < -0.3 is 10.4 Å². The first-order valence-corrected chi connectivity index (χ1v) is 11.1. The SMILES string of the molecule is Cc1cccc(O)c1NCc1ccccc1P(c1ccccc1)c1ccccc1. The Labute approximate surface area is 173 Å². The summed E-state index contributed by atoms with van der Waals surface area (Å²) in [5.41, 5.74) is 3.08. The lowest BCUT2D eigenvalue weighted by atomic mass is 10.1. The average Bonchev–Trinajstić information content (AvgIpc) is 2.76. The third-order valence-electron chi connectivity index (χ3n) is 4.97. The Morgan fingerprint density at radius 2 is 1.28 bits per heavy atom. The molecular weight excluding hydrogens is 373 g/mol. The van der Waals surface area contributed by atoms with Crippen LogP contribution in [0.5, 0.6) is 5.75 Å². The number of hydrogen-bond donors (Lipinski definition) is 2. The van der Waals surface area contributed by atoms with Crippen molar-refractivity contribution >= 4 is 29.5 Å². The van der Waals surface area contributed by atoms with Crippen LogP contribution < -0.4 is 21.2 Å². The summed E-state index contributed by atoms with van der Waals surface area (Å²) in [7, 11) is -0.665. The fourth-order valence-electron chi connectivity index (χ4n) is 3.53. The molecule has 0 saturated heterocycles. The third-order valence-corrected chi connectivity index (χ3v) is 7.51. The van der Waals surface area contributed by atoms with Crippen molar-refractivity contribution in [3.05, 3.63) is 114 Å². The summed E-state index contributed by atoms with van der Waals surface area (Å²) >= 11 is 0. The van der Waals surface area contributed by atoms with Crippen molar-refractivity contribution < 1.29 is 5.11 Å². The fraction of sp³-hybridized carbons (Fsp3) is 0.0769. The van der Waals surface area contributed by atoms with Gasteiger partial charge in [0.25, 0.3) is 0 Å². The second-order valence-electron chi connectivity index (χ2n) is 6.96. The minimum Gasteiger partial charge on any atom is -0.506 e. The van der Waals surface area contributed by atoms with Gasteiger partial charge in [-0.05, 0) is 48.0 Å². The largest absolute Gasteiger partial charge is 0.506 e. The molecule has 0 aliphatic heterocycles. The van der Waals surface area contributed by atoms with E-state index in [0.29, 0.717) is 6.54 Å². The highest BCUT2D eigenvalue weighted by atomic mass is 31.1. The van der Waals surface area contributed by atoms with Crippen molar-refractivity contribution in [2.75, 3.05) is 5.32 Å². The topological polar surface area (TPSA) is 32.3 Å². The van der Waals surface area contributed by atoms with Gasteiger partial charge in [0.05, 0.1) is 5.69 Å². The molecule has 144 valence electrons. The van der Waals surface area contributed by atoms with Gasteiger partial charge in [0.1, 0.15) is 5.75 Å². The third kappa shape index (κ3) is 4.34. The van der Waals surface area contributed by atoms with E-state index in [4.69, 9.17) is 0 Å². The zero-order valence-electron chi connectivity index (χ0n) is 16.4. The number of phenolic OH excluding ortho intramolecular Hbond substituents is 1. The van der Waals surface area contributed by atoms with Crippen molar-refractivity contribution in [2.24, 2.45) is 0 Å². The van der Waals surface area contributed by atoms with E-state index in [1.54, 1.807) is 6.07 Å². The number of aromatic hydroxyl groups is 1. The quantitative estimate of drug-likeness (QED) is 0.352. The van der Waals surface area contributed by atoms with E-state index in [1.807, 2.05) is 19.1 Å². The maximum Gasteiger partial charge on any atom is 0.138 e. The predicted octanol–water partition coefficient (Wildman–Crippen LogP) is 5.07. The second-order valence-corrected chi connectivity index (χ2v) is 9.14. The number of hydrogen-bond acceptors (Lipinski definition) is 2. The molecule has 0 atom stereocenters. The Balaban J connectivity index is 1.73. The summed E-state index contributed by atoms with van der Waals surface area (Å²) in [6.07, 6.45) is 0. The molecule has 29 heavy (non-hydrogen) atoms. The van der Waals surface area contributed by atoms with Crippen molar-refractivity contribution in [3.63, 3.8) is 0 Å². The maximum atomic E-state index is 10.2. The van der Waals surface area contributed by atoms with Crippen molar-refractivity contribution in [3.8, 4) is 5.75 Å². The van der Waals surface area contributed by atoms with Gasteiger partial charge >= 0.3 is 0 Å². The molecule has 0 aliphatic rings. The normalized spacial score (nSPS) is 10.8. The van der Waals surface area contributed by atoms with Crippen LogP contribution in [0.4, 0.5) is 5.69 Å². The highest BCUT2D eigenvalue weighted by molar-refractivity contribution is 7.79. The van der Waals surface area contributed by atoms with Crippen LogP contribution in [0.25, 0.3) is 0 Å². The van der Waals surface area contributed by atoms with Gasteiger partial charge in [-0.25, -0.2) is 0 Å². The lowest BCUT2D eigenvalue weighted by Gasteiger charge is -2.23. The fourth-order valence-corrected chi connectivity index (χ4v) is 6.00. The van der Waals surface area contributed by atoms with Crippen LogP contribution in [0.15, 0.2) is 103 Å². The van der Waals surface area contributed by atoms with Gasteiger partial charge in [-0.15, -0.1) is 0 Å². The lowest BCUT2D eigenvalue weighted by Crippen LogP contribution is -2.24. The molecule has 0 saturated carbocycles. The predicted molar refractivity (Wildman–Crippen MR) is 125 cm³/mol. The van der Waals surface area contributed by atoms with E-state index in [1.165, 1.54) is 21.5 Å². The molecule has 0 heterocycles. The zero-order chi connectivity index (χ0) is 20.1. The molecule has 0 fully saturated rings. The first kappa shape index (κ1) is 19.2. The second kappa shape index (κ2) is 8.94. The molecule has 0 spiro atoms. The van der Waals surface area contributed by atoms with Crippen LogP contribution in [0.3, 0.4) is 0 Å². The Bertz CT molecular complexity index is 1020. The average molecular weight is 397 g/mol. The van der Waals surface area contributed by atoms with Crippen molar-refractivity contribution in [1.82, 2.24) is 0 Å². The lowest BCUT2D eigenvalue weighted by molar-refractivity contribution is 0.477. The van der Waals surface area contributed by atoms with Crippen LogP contribution in [0.2, 0.25) is 0 Å². The number of anilines is 1. The minimum atomic E-state index is -0.665. The molecule has 4 aromatic carbocycles. The molecule has 0 aromatic heterocycles. The van der Waals surface area contributed by atoms with Gasteiger partial charge in [-0.2, -0.15) is 0 Å². The summed E-state index contributed by atoms with van der Waals surface area (Å²) in [6, 6.07) is 35.7. The van der Waals surface area contributed by atoms with E-state index in [2.05, 4.69) is 90.2 Å².